The summed E-state index contributed by atoms with van der Waals surface area (Å²) in [6, 6.07) is 0. The monoisotopic (exact) mass is 358 g/mol. The maximum absolute atomic E-state index is 14.1. The van der Waals surface area contributed by atoms with Gasteiger partial charge in [-0.2, -0.15) is 4.89 Å². The molecule has 0 amide bonds. The minimum absolute atomic E-state index is 0.316. The lowest BCUT2D eigenvalue weighted by Gasteiger charge is -2.68. The fraction of sp³-hybridized carbons (Fsp3) is 0.882. The average molecular weight is 358 g/mol. The first-order valence-corrected chi connectivity index (χ1v) is 8.88. The highest BCUT2D eigenvalue weighted by Crippen LogP contribution is 2.66. The van der Waals surface area contributed by atoms with Crippen LogP contribution >= 0.6 is 0 Å². The smallest absolute Gasteiger partial charge is 0.353 e. The van der Waals surface area contributed by atoms with Gasteiger partial charge < -0.3 is 14.9 Å². The van der Waals surface area contributed by atoms with Crippen molar-refractivity contribution in [3.05, 3.63) is 0 Å². The Labute approximate surface area is 144 Å². The normalized spacial score (nSPS) is 44.7. The van der Waals surface area contributed by atoms with Gasteiger partial charge in [0.2, 0.25) is 5.79 Å². The fourth-order valence-corrected chi connectivity index (χ4v) is 5.85. The van der Waals surface area contributed by atoms with E-state index in [0.29, 0.717) is 11.8 Å². The van der Waals surface area contributed by atoms with Crippen LogP contribution in [0.5, 0.6) is 0 Å². The summed E-state index contributed by atoms with van der Waals surface area (Å²) in [5.41, 5.74) is -3.94. The van der Waals surface area contributed by atoms with E-state index in [1.807, 2.05) is 0 Å². The molecule has 1 heterocycles. The van der Waals surface area contributed by atoms with Crippen LogP contribution in [-0.4, -0.2) is 45.8 Å². The summed E-state index contributed by atoms with van der Waals surface area (Å²) < 4.78 is 19.8. The van der Waals surface area contributed by atoms with E-state index < -0.39 is 35.4 Å². The summed E-state index contributed by atoms with van der Waals surface area (Å²) in [7, 11) is 0. The minimum Gasteiger partial charge on any atom is -0.478 e. The van der Waals surface area contributed by atoms with Gasteiger partial charge >= 0.3 is 17.6 Å². The van der Waals surface area contributed by atoms with Crippen LogP contribution in [0.25, 0.3) is 0 Å². The molecule has 4 bridgehead atoms. The number of halogens is 1. The molecule has 0 radical (unpaired) electrons. The Bertz CT molecular complexity index is 564. The van der Waals surface area contributed by atoms with E-state index in [1.54, 1.807) is 6.92 Å². The number of carboxylic acid groups (broad SMARTS) is 2. The molecule has 4 aliphatic carbocycles. The minimum atomic E-state index is -3.36. The highest BCUT2D eigenvalue weighted by molar-refractivity contribution is 6.01. The van der Waals surface area contributed by atoms with Crippen LogP contribution in [-0.2, 0) is 24.1 Å². The number of alkyl halides is 1. The van der Waals surface area contributed by atoms with Crippen molar-refractivity contribution < 1.29 is 38.7 Å². The molecule has 1 aliphatic heterocycles. The van der Waals surface area contributed by atoms with Gasteiger partial charge in [0.25, 0.3) is 0 Å². The lowest BCUT2D eigenvalue weighted by Crippen LogP contribution is -2.77. The van der Waals surface area contributed by atoms with Gasteiger partial charge in [-0.15, -0.1) is 0 Å². The molecule has 4 saturated carbocycles. The largest absolute Gasteiger partial charge is 0.478 e. The Morgan fingerprint density at radius 3 is 2.00 bits per heavy atom. The molecular weight excluding hydrogens is 335 g/mol. The molecule has 0 aromatic carbocycles. The molecule has 1 unspecified atom stereocenters. The first-order chi connectivity index (χ1) is 11.7. The molecule has 0 aromatic heterocycles. The molecule has 1 saturated heterocycles. The van der Waals surface area contributed by atoms with E-state index in [1.165, 1.54) is 6.42 Å². The Hall–Kier alpha value is -1.25. The molecule has 8 heteroatoms. The van der Waals surface area contributed by atoms with E-state index in [9.17, 15) is 14.0 Å². The van der Waals surface area contributed by atoms with Gasteiger partial charge in [0, 0.05) is 6.42 Å². The van der Waals surface area contributed by atoms with Crippen LogP contribution in [0.4, 0.5) is 4.39 Å². The number of aliphatic carboxylic acids is 2. The van der Waals surface area contributed by atoms with Crippen molar-refractivity contribution in [1.82, 2.24) is 0 Å². The second kappa shape index (κ2) is 5.37. The molecule has 5 aliphatic rings. The molecular formula is C17H23FO7. The van der Waals surface area contributed by atoms with Crippen LogP contribution in [0.2, 0.25) is 0 Å². The number of rotatable bonds is 6. The average Bonchev–Trinajstić information content (AvgIpc) is 2.52. The van der Waals surface area contributed by atoms with Crippen molar-refractivity contribution >= 4 is 11.9 Å². The molecule has 5 rings (SSSR count). The van der Waals surface area contributed by atoms with Crippen molar-refractivity contribution in [2.24, 2.45) is 23.7 Å². The Morgan fingerprint density at radius 2 is 1.60 bits per heavy atom. The zero-order valence-electron chi connectivity index (χ0n) is 14.1. The second-order valence-electron chi connectivity index (χ2n) is 8.22. The quantitative estimate of drug-likeness (QED) is 0.554. The molecule has 25 heavy (non-hydrogen) atoms. The van der Waals surface area contributed by atoms with E-state index in [4.69, 9.17) is 24.7 Å². The number of hydrogen-bond donors (Lipinski definition) is 2. The maximum Gasteiger partial charge on any atom is 0.353 e. The van der Waals surface area contributed by atoms with Gasteiger partial charge in [-0.3, -0.25) is 0 Å². The van der Waals surface area contributed by atoms with Crippen molar-refractivity contribution in [2.75, 3.05) is 6.61 Å². The SMILES string of the molecule is CC1(OCCC(F)(C(=O)O)C(=O)O)OOC12C1CC3CC(C1)CC2C3. The van der Waals surface area contributed by atoms with E-state index in [0.717, 1.165) is 37.5 Å². The molecule has 0 aromatic rings. The number of hydrogen-bond acceptors (Lipinski definition) is 5. The van der Waals surface area contributed by atoms with Gasteiger partial charge in [0.05, 0.1) is 6.61 Å². The fourth-order valence-electron chi connectivity index (χ4n) is 5.85. The maximum atomic E-state index is 14.1. The van der Waals surface area contributed by atoms with E-state index in [2.05, 4.69) is 0 Å². The predicted molar refractivity (Wildman–Crippen MR) is 80.0 cm³/mol. The summed E-state index contributed by atoms with van der Waals surface area (Å²) >= 11 is 0. The predicted octanol–water partition coefficient (Wildman–Crippen LogP) is 2.14. The van der Waals surface area contributed by atoms with Gasteiger partial charge in [0.15, 0.2) is 5.60 Å². The molecule has 2 N–H and O–H groups in total. The zero-order valence-corrected chi connectivity index (χ0v) is 14.1. The van der Waals surface area contributed by atoms with Crippen molar-refractivity contribution in [1.29, 1.82) is 0 Å². The number of ether oxygens (including phenoxy) is 1. The van der Waals surface area contributed by atoms with Gasteiger partial charge in [-0.1, -0.05) is 0 Å². The summed E-state index contributed by atoms with van der Waals surface area (Å²) in [6.07, 6.45) is 4.74. The van der Waals surface area contributed by atoms with Crippen LogP contribution in [0.15, 0.2) is 0 Å². The lowest BCUT2D eigenvalue weighted by atomic mass is 9.47. The Balaban J connectivity index is 1.46. The third-order valence-electron chi connectivity index (χ3n) is 6.90. The van der Waals surface area contributed by atoms with E-state index >= 15 is 0 Å². The number of carboxylic acids is 2. The van der Waals surface area contributed by atoms with Crippen LogP contribution in [0.3, 0.4) is 0 Å². The summed E-state index contributed by atoms with van der Waals surface area (Å²) in [4.78, 5) is 32.8. The molecule has 1 atom stereocenters. The van der Waals surface area contributed by atoms with Crippen molar-refractivity contribution in [3.8, 4) is 0 Å². The Kier molecular flexibility index (Phi) is 3.69. The molecule has 1 spiro atoms. The van der Waals surface area contributed by atoms with E-state index in [-0.39, 0.29) is 6.61 Å². The van der Waals surface area contributed by atoms with Crippen LogP contribution in [0.1, 0.15) is 45.4 Å². The Morgan fingerprint density at radius 1 is 1.08 bits per heavy atom. The third-order valence-corrected chi connectivity index (χ3v) is 6.90. The summed E-state index contributed by atoms with van der Waals surface area (Å²) in [5, 5.41) is 17.7. The van der Waals surface area contributed by atoms with Gasteiger partial charge in [-0.25, -0.2) is 18.9 Å². The standard InChI is InChI=1S/C17H23FO7/c1-15(23-3-2-16(18,13(19)20)14(21)22)17(25-24-15)11-5-9-4-10(7-11)8-12(17)6-9/h9-12H,2-8H2,1H3,(H,19,20)(H,21,22). The summed E-state index contributed by atoms with van der Waals surface area (Å²) in [6.45, 7) is 1.36. The van der Waals surface area contributed by atoms with Crippen LogP contribution < -0.4 is 0 Å². The molecule has 140 valence electrons. The van der Waals surface area contributed by atoms with Crippen molar-refractivity contribution in [2.45, 2.75) is 62.5 Å². The second-order valence-corrected chi connectivity index (χ2v) is 8.22. The first kappa shape index (κ1) is 17.2. The lowest BCUT2D eigenvalue weighted by molar-refractivity contribution is -0.633. The summed E-state index contributed by atoms with van der Waals surface area (Å²) in [5.74, 6) is -3.06. The molecule has 7 nitrogen and oxygen atoms in total. The highest BCUT2D eigenvalue weighted by Gasteiger charge is 2.74. The highest BCUT2D eigenvalue weighted by atomic mass is 19.1. The van der Waals surface area contributed by atoms with Gasteiger partial charge in [0.1, 0.15) is 0 Å². The van der Waals surface area contributed by atoms with Gasteiger partial charge in [-0.05, 0) is 62.7 Å². The zero-order chi connectivity index (χ0) is 18.0. The number of carbonyl (C=O) groups is 2. The molecule has 5 fully saturated rings. The first-order valence-electron chi connectivity index (χ1n) is 8.88. The third kappa shape index (κ3) is 2.20. The topological polar surface area (TPSA) is 102 Å². The van der Waals surface area contributed by atoms with Crippen LogP contribution in [0, 0.1) is 23.7 Å². The van der Waals surface area contributed by atoms with Crippen molar-refractivity contribution in [3.63, 3.8) is 0 Å².